The number of aromatic nitrogens is 1. The molecule has 5 heteroatoms. The van der Waals surface area contributed by atoms with Gasteiger partial charge in [-0.2, -0.15) is 0 Å². The van der Waals surface area contributed by atoms with Crippen LogP contribution in [0.15, 0.2) is 53.1 Å². The molecule has 1 atom stereocenters. The first-order chi connectivity index (χ1) is 11.3. The smallest absolute Gasteiger partial charge is 0.226 e. The number of nitrogens with zero attached hydrogens (tertiary/aromatic N) is 1. The van der Waals surface area contributed by atoms with E-state index in [9.17, 15) is 4.79 Å². The molecule has 116 valence electrons. The predicted octanol–water partition coefficient (Wildman–Crippen LogP) is 3.01. The minimum Gasteiger partial charge on any atom is -0.493 e. The number of nitrogens with one attached hydrogen (secondary N) is 1. The van der Waals surface area contributed by atoms with Gasteiger partial charge >= 0.3 is 0 Å². The van der Waals surface area contributed by atoms with Gasteiger partial charge in [-0.1, -0.05) is 35.5 Å². The number of para-hydroxylation sites is 2. The van der Waals surface area contributed by atoms with Gasteiger partial charge in [0.15, 0.2) is 5.58 Å². The molecule has 3 aromatic rings. The van der Waals surface area contributed by atoms with Gasteiger partial charge in [-0.3, -0.25) is 4.79 Å². The Morgan fingerprint density at radius 1 is 1.17 bits per heavy atom. The average Bonchev–Trinajstić information content (AvgIpc) is 2.98. The molecule has 2 heterocycles. The highest BCUT2D eigenvalue weighted by Crippen LogP contribution is 2.31. The Balaban J connectivity index is 1.51. The monoisotopic (exact) mass is 308 g/mol. The summed E-state index contributed by atoms with van der Waals surface area (Å²) >= 11 is 0. The van der Waals surface area contributed by atoms with Crippen molar-refractivity contribution in [1.29, 1.82) is 0 Å². The maximum absolute atomic E-state index is 12.4. The number of ether oxygens (including phenoxy) is 1. The number of amides is 1. The SMILES string of the molecule is O=C(Cc1noc2ccccc12)N[C@@H]1CCOc2ccccc21. The van der Waals surface area contributed by atoms with Crippen LogP contribution in [0.25, 0.3) is 11.0 Å². The Morgan fingerprint density at radius 3 is 2.96 bits per heavy atom. The van der Waals surface area contributed by atoms with E-state index in [2.05, 4.69) is 10.5 Å². The fourth-order valence-electron chi connectivity index (χ4n) is 2.96. The lowest BCUT2D eigenvalue weighted by atomic mass is 10.0. The van der Waals surface area contributed by atoms with E-state index in [0.717, 1.165) is 23.1 Å². The van der Waals surface area contributed by atoms with Gasteiger partial charge in [0.1, 0.15) is 11.4 Å². The van der Waals surface area contributed by atoms with Gasteiger partial charge in [-0.25, -0.2) is 0 Å². The van der Waals surface area contributed by atoms with Crippen LogP contribution in [0.5, 0.6) is 5.75 Å². The van der Waals surface area contributed by atoms with Crippen molar-refractivity contribution < 1.29 is 14.1 Å². The maximum atomic E-state index is 12.4. The number of hydrogen-bond acceptors (Lipinski definition) is 4. The number of rotatable bonds is 3. The highest BCUT2D eigenvalue weighted by atomic mass is 16.5. The molecule has 0 bridgehead atoms. The summed E-state index contributed by atoms with van der Waals surface area (Å²) in [5, 5.41) is 7.97. The molecule has 2 aromatic carbocycles. The molecule has 0 unspecified atom stereocenters. The third-order valence-electron chi connectivity index (χ3n) is 4.07. The molecular formula is C18H16N2O3. The molecule has 1 amide bonds. The summed E-state index contributed by atoms with van der Waals surface area (Å²) in [6, 6.07) is 15.3. The Morgan fingerprint density at radius 2 is 2.00 bits per heavy atom. The van der Waals surface area contributed by atoms with E-state index in [1.165, 1.54) is 0 Å². The van der Waals surface area contributed by atoms with Crippen LogP contribution in [0.2, 0.25) is 0 Å². The van der Waals surface area contributed by atoms with Crippen molar-refractivity contribution >= 4 is 16.9 Å². The molecule has 1 aromatic heterocycles. The third kappa shape index (κ3) is 2.65. The van der Waals surface area contributed by atoms with Crippen LogP contribution in [0.3, 0.4) is 0 Å². The summed E-state index contributed by atoms with van der Waals surface area (Å²) in [4.78, 5) is 12.4. The lowest BCUT2D eigenvalue weighted by Gasteiger charge is -2.26. The number of hydrogen-bond donors (Lipinski definition) is 1. The highest BCUT2D eigenvalue weighted by Gasteiger charge is 2.23. The van der Waals surface area contributed by atoms with E-state index in [-0.39, 0.29) is 18.4 Å². The van der Waals surface area contributed by atoms with Crippen molar-refractivity contribution in [2.75, 3.05) is 6.61 Å². The molecule has 0 radical (unpaired) electrons. The number of fused-ring (bicyclic) bond motifs is 2. The second-order valence-corrected chi connectivity index (χ2v) is 5.60. The molecule has 23 heavy (non-hydrogen) atoms. The predicted molar refractivity (Wildman–Crippen MR) is 85.2 cm³/mol. The van der Waals surface area contributed by atoms with Gasteiger partial charge in [-0.15, -0.1) is 0 Å². The number of benzene rings is 2. The molecule has 1 aliphatic rings. The summed E-state index contributed by atoms with van der Waals surface area (Å²) in [6.07, 6.45) is 0.971. The fourth-order valence-corrected chi connectivity index (χ4v) is 2.96. The Labute approximate surface area is 133 Å². The third-order valence-corrected chi connectivity index (χ3v) is 4.07. The second kappa shape index (κ2) is 5.76. The van der Waals surface area contributed by atoms with Crippen LogP contribution in [0.1, 0.15) is 23.7 Å². The van der Waals surface area contributed by atoms with E-state index in [1.807, 2.05) is 48.5 Å². The molecule has 0 spiro atoms. The minimum absolute atomic E-state index is 0.0226. The Hall–Kier alpha value is -2.82. The normalized spacial score (nSPS) is 16.6. The first kappa shape index (κ1) is 13.8. The zero-order valence-corrected chi connectivity index (χ0v) is 12.5. The lowest BCUT2D eigenvalue weighted by molar-refractivity contribution is -0.121. The quantitative estimate of drug-likeness (QED) is 0.808. The van der Waals surface area contributed by atoms with Crippen molar-refractivity contribution in [2.24, 2.45) is 0 Å². The molecule has 0 aliphatic carbocycles. The van der Waals surface area contributed by atoms with Crippen molar-refractivity contribution in [3.05, 3.63) is 59.8 Å². The van der Waals surface area contributed by atoms with E-state index < -0.39 is 0 Å². The summed E-state index contributed by atoms with van der Waals surface area (Å²) < 4.78 is 10.9. The van der Waals surface area contributed by atoms with E-state index in [0.29, 0.717) is 17.9 Å². The van der Waals surface area contributed by atoms with Gasteiger partial charge in [0.05, 0.1) is 19.1 Å². The molecule has 0 saturated carbocycles. The second-order valence-electron chi connectivity index (χ2n) is 5.60. The van der Waals surface area contributed by atoms with Crippen molar-refractivity contribution in [1.82, 2.24) is 10.5 Å². The van der Waals surface area contributed by atoms with Crippen LogP contribution >= 0.6 is 0 Å². The van der Waals surface area contributed by atoms with Gasteiger partial charge in [0.2, 0.25) is 5.91 Å². The largest absolute Gasteiger partial charge is 0.493 e. The van der Waals surface area contributed by atoms with Gasteiger partial charge in [-0.05, 0) is 18.2 Å². The Bertz CT molecular complexity index is 856. The molecular weight excluding hydrogens is 292 g/mol. The molecule has 0 fully saturated rings. The summed E-state index contributed by atoms with van der Waals surface area (Å²) in [6.45, 7) is 0.606. The van der Waals surface area contributed by atoms with Crippen LogP contribution in [0, 0.1) is 0 Å². The number of carbonyl (C=O) groups excluding carboxylic acids is 1. The fraction of sp³-hybridized carbons (Fsp3) is 0.222. The summed E-state index contributed by atoms with van der Waals surface area (Å²) in [5.74, 6) is 0.779. The zero-order valence-electron chi connectivity index (χ0n) is 12.5. The Kier molecular flexibility index (Phi) is 3.46. The standard InChI is InChI=1S/C18H16N2O3/c21-18(11-15-13-6-2-4-8-17(13)23-20-15)19-14-9-10-22-16-7-3-1-5-12(14)16/h1-8,14H,9-11H2,(H,19,21)/t14-/m1/s1. The van der Waals surface area contributed by atoms with Crippen LogP contribution in [0.4, 0.5) is 0 Å². The number of carbonyl (C=O) groups is 1. The first-order valence-corrected chi connectivity index (χ1v) is 7.65. The van der Waals surface area contributed by atoms with Crippen molar-refractivity contribution in [3.63, 3.8) is 0 Å². The zero-order chi connectivity index (χ0) is 15.6. The van der Waals surface area contributed by atoms with E-state index >= 15 is 0 Å². The molecule has 1 N–H and O–H groups in total. The van der Waals surface area contributed by atoms with Gasteiger partial charge in [0.25, 0.3) is 0 Å². The molecule has 5 nitrogen and oxygen atoms in total. The van der Waals surface area contributed by atoms with Crippen LogP contribution < -0.4 is 10.1 Å². The maximum Gasteiger partial charge on any atom is 0.226 e. The van der Waals surface area contributed by atoms with Crippen LogP contribution in [-0.2, 0) is 11.2 Å². The minimum atomic E-state index is -0.0641. The topological polar surface area (TPSA) is 64.4 Å². The summed E-state index contributed by atoms with van der Waals surface area (Å²) in [7, 11) is 0. The van der Waals surface area contributed by atoms with Crippen molar-refractivity contribution in [3.8, 4) is 5.75 Å². The van der Waals surface area contributed by atoms with E-state index in [1.54, 1.807) is 0 Å². The molecule has 4 rings (SSSR count). The first-order valence-electron chi connectivity index (χ1n) is 7.65. The summed E-state index contributed by atoms with van der Waals surface area (Å²) in [5.41, 5.74) is 2.39. The van der Waals surface area contributed by atoms with E-state index in [4.69, 9.17) is 9.26 Å². The molecule has 1 aliphatic heterocycles. The van der Waals surface area contributed by atoms with Gasteiger partial charge < -0.3 is 14.6 Å². The highest BCUT2D eigenvalue weighted by molar-refractivity contribution is 5.86. The van der Waals surface area contributed by atoms with Crippen LogP contribution in [-0.4, -0.2) is 17.7 Å². The van der Waals surface area contributed by atoms with Crippen molar-refractivity contribution in [2.45, 2.75) is 18.9 Å². The lowest BCUT2D eigenvalue weighted by Crippen LogP contribution is -2.33. The molecule has 0 saturated heterocycles. The average molecular weight is 308 g/mol. The van der Waals surface area contributed by atoms with Gasteiger partial charge in [0, 0.05) is 17.4 Å².